The molecule has 3 aromatic rings. The van der Waals surface area contributed by atoms with E-state index >= 15 is 0 Å². The molecule has 0 unspecified atom stereocenters. The molecule has 0 aliphatic carbocycles. The molecule has 3 N–H and O–H groups in total. The topological polar surface area (TPSA) is 108 Å². The molecule has 174 valence electrons. The molecule has 33 heavy (non-hydrogen) atoms. The maximum absolute atomic E-state index is 13.3. The number of fused-ring (bicyclic) bond motifs is 1. The number of methoxy groups -OCH3 is 1. The highest BCUT2D eigenvalue weighted by atomic mass is 79.9. The standard InChI is InChI=1S/C24H27BrN4O4/c1-13(2)21(28-24(32)33-3)23(31)29-12-18(30)10-20(29)22-26-11-19(27-22)16-5-4-15-9-17(25)7-6-14(15)8-16/h4-9,11,13,18,20-21,30H,10,12H2,1-3H3,(H,26,27)(H,28,32)/t18-,20-,21-/m0/s1. The lowest BCUT2D eigenvalue weighted by molar-refractivity contribution is -0.135. The van der Waals surface area contributed by atoms with E-state index in [4.69, 9.17) is 0 Å². The number of carbonyl (C=O) groups is 2. The number of amides is 2. The van der Waals surface area contributed by atoms with E-state index in [2.05, 4.69) is 54.2 Å². The third-order valence-corrected chi connectivity index (χ3v) is 6.47. The normalized spacial score (nSPS) is 19.2. The van der Waals surface area contributed by atoms with Crippen molar-refractivity contribution in [2.45, 2.75) is 38.5 Å². The monoisotopic (exact) mass is 514 g/mol. The summed E-state index contributed by atoms with van der Waals surface area (Å²) in [5.41, 5.74) is 1.81. The van der Waals surface area contributed by atoms with Crippen molar-refractivity contribution >= 4 is 38.7 Å². The number of carbonyl (C=O) groups excluding carboxylic acids is 2. The molecule has 2 aromatic carbocycles. The van der Waals surface area contributed by atoms with E-state index < -0.39 is 24.3 Å². The number of nitrogens with zero attached hydrogens (tertiary/aromatic N) is 2. The zero-order valence-corrected chi connectivity index (χ0v) is 20.3. The zero-order valence-electron chi connectivity index (χ0n) is 18.7. The number of aliphatic hydroxyl groups excluding tert-OH is 1. The molecule has 0 bridgehead atoms. The number of β-amino-alcohol motifs (C(OH)–C–C–N with tert-alkyl or cyclic N) is 1. The van der Waals surface area contributed by atoms with Gasteiger partial charge in [-0.05, 0) is 34.9 Å². The minimum absolute atomic E-state index is 0.153. The lowest BCUT2D eigenvalue weighted by Gasteiger charge is -2.29. The largest absolute Gasteiger partial charge is 0.453 e. The van der Waals surface area contributed by atoms with Gasteiger partial charge in [0.2, 0.25) is 5.91 Å². The van der Waals surface area contributed by atoms with Crippen LogP contribution in [0.2, 0.25) is 0 Å². The number of benzene rings is 2. The van der Waals surface area contributed by atoms with E-state index in [0.717, 1.165) is 26.5 Å². The molecular weight excluding hydrogens is 488 g/mol. The highest BCUT2D eigenvalue weighted by Gasteiger charge is 2.40. The number of aromatic nitrogens is 2. The van der Waals surface area contributed by atoms with Crippen molar-refractivity contribution in [3.63, 3.8) is 0 Å². The van der Waals surface area contributed by atoms with Crippen molar-refractivity contribution in [3.05, 3.63) is 52.9 Å². The number of hydrogen-bond acceptors (Lipinski definition) is 5. The summed E-state index contributed by atoms with van der Waals surface area (Å²) in [4.78, 5) is 34.5. The number of hydrogen-bond donors (Lipinski definition) is 3. The third-order valence-electron chi connectivity index (χ3n) is 5.98. The Morgan fingerprint density at radius 3 is 2.70 bits per heavy atom. The van der Waals surface area contributed by atoms with Gasteiger partial charge in [-0.1, -0.05) is 48.0 Å². The highest BCUT2D eigenvalue weighted by Crippen LogP contribution is 2.33. The second-order valence-electron chi connectivity index (χ2n) is 8.64. The molecule has 9 heteroatoms. The summed E-state index contributed by atoms with van der Waals surface area (Å²) >= 11 is 3.50. The van der Waals surface area contributed by atoms with Gasteiger partial charge in [0.15, 0.2) is 0 Å². The molecule has 8 nitrogen and oxygen atoms in total. The second-order valence-corrected chi connectivity index (χ2v) is 9.56. The van der Waals surface area contributed by atoms with E-state index in [-0.39, 0.29) is 18.4 Å². The molecule has 1 aliphatic rings. The van der Waals surface area contributed by atoms with Crippen molar-refractivity contribution in [1.29, 1.82) is 0 Å². The van der Waals surface area contributed by atoms with Crippen LogP contribution in [0.4, 0.5) is 4.79 Å². The van der Waals surface area contributed by atoms with Crippen LogP contribution in [0, 0.1) is 5.92 Å². The van der Waals surface area contributed by atoms with E-state index in [0.29, 0.717) is 12.2 Å². The molecule has 2 heterocycles. The number of nitrogens with one attached hydrogen (secondary N) is 2. The van der Waals surface area contributed by atoms with Crippen LogP contribution in [-0.2, 0) is 9.53 Å². The molecule has 1 aliphatic heterocycles. The Balaban J connectivity index is 1.60. The first kappa shape index (κ1) is 23.3. The fourth-order valence-electron chi connectivity index (χ4n) is 4.23. The quantitative estimate of drug-likeness (QED) is 0.476. The summed E-state index contributed by atoms with van der Waals surface area (Å²) in [5.74, 6) is 0.178. The van der Waals surface area contributed by atoms with Crippen molar-refractivity contribution in [2.24, 2.45) is 5.92 Å². The first-order valence-corrected chi connectivity index (χ1v) is 11.6. The minimum atomic E-state index is -0.764. The molecule has 0 spiro atoms. The molecule has 1 aromatic heterocycles. The van der Waals surface area contributed by atoms with Gasteiger partial charge in [0.1, 0.15) is 11.9 Å². The lowest BCUT2D eigenvalue weighted by Crippen LogP contribution is -2.51. The lowest BCUT2D eigenvalue weighted by atomic mass is 10.0. The Hall–Kier alpha value is -2.91. The van der Waals surface area contributed by atoms with E-state index in [1.807, 2.05) is 32.0 Å². The fraction of sp³-hybridized carbons (Fsp3) is 0.375. The average Bonchev–Trinajstić information content (AvgIpc) is 3.43. The van der Waals surface area contributed by atoms with Crippen LogP contribution < -0.4 is 5.32 Å². The number of halogens is 1. The van der Waals surface area contributed by atoms with Gasteiger partial charge in [0.25, 0.3) is 0 Å². The number of likely N-dealkylation sites (tertiary alicyclic amines) is 1. The zero-order chi connectivity index (χ0) is 23.7. The summed E-state index contributed by atoms with van der Waals surface area (Å²) in [7, 11) is 1.26. The van der Waals surface area contributed by atoms with Crippen molar-refractivity contribution in [1.82, 2.24) is 20.2 Å². The summed E-state index contributed by atoms with van der Waals surface area (Å²) in [5, 5.41) is 15.2. The maximum atomic E-state index is 13.3. The van der Waals surface area contributed by atoms with Crippen LogP contribution in [0.15, 0.2) is 47.1 Å². The number of imidazole rings is 1. The molecule has 1 fully saturated rings. The van der Waals surface area contributed by atoms with Crippen LogP contribution >= 0.6 is 15.9 Å². The van der Waals surface area contributed by atoms with E-state index in [1.165, 1.54) is 7.11 Å². The second kappa shape index (κ2) is 9.52. The van der Waals surface area contributed by atoms with Gasteiger partial charge in [-0.3, -0.25) is 4.79 Å². The molecular formula is C24H27BrN4O4. The first-order chi connectivity index (χ1) is 15.8. The van der Waals surface area contributed by atoms with Crippen LogP contribution in [-0.4, -0.2) is 57.8 Å². The Kier molecular flexibility index (Phi) is 6.71. The van der Waals surface area contributed by atoms with Gasteiger partial charge in [-0.2, -0.15) is 0 Å². The predicted octanol–water partition coefficient (Wildman–Crippen LogP) is 4.01. The number of H-pyrrole nitrogens is 1. The molecule has 0 saturated carbocycles. The average molecular weight is 515 g/mol. The summed E-state index contributed by atoms with van der Waals surface area (Å²) in [6.45, 7) is 3.88. The van der Waals surface area contributed by atoms with Gasteiger partial charge in [0.05, 0.1) is 31.1 Å². The number of alkyl carbamates (subject to hydrolysis) is 1. The molecule has 0 radical (unpaired) electrons. The van der Waals surface area contributed by atoms with Gasteiger partial charge in [0, 0.05) is 23.0 Å². The van der Waals surface area contributed by atoms with Crippen molar-refractivity contribution < 1.29 is 19.4 Å². The van der Waals surface area contributed by atoms with Crippen LogP contribution in [0.25, 0.3) is 22.0 Å². The summed E-state index contributed by atoms with van der Waals surface area (Å²) < 4.78 is 5.70. The van der Waals surface area contributed by atoms with Crippen molar-refractivity contribution in [3.8, 4) is 11.3 Å². The Bertz CT molecular complexity index is 1180. The maximum Gasteiger partial charge on any atom is 0.407 e. The SMILES string of the molecule is COC(=O)N[C@H](C(=O)N1C[C@@H](O)C[C@H]1c1ncc(-c2ccc3cc(Br)ccc3c2)[nH]1)C(C)C. The predicted molar refractivity (Wildman–Crippen MR) is 128 cm³/mol. The molecule has 4 rings (SSSR count). The summed E-state index contributed by atoms with van der Waals surface area (Å²) in [6, 6.07) is 11.1. The number of aliphatic hydroxyl groups is 1. The number of rotatable bonds is 5. The minimum Gasteiger partial charge on any atom is -0.453 e. The number of aromatic amines is 1. The van der Waals surface area contributed by atoms with Crippen molar-refractivity contribution in [2.75, 3.05) is 13.7 Å². The molecule has 1 saturated heterocycles. The highest BCUT2D eigenvalue weighted by molar-refractivity contribution is 9.10. The molecule has 3 atom stereocenters. The van der Waals surface area contributed by atoms with Gasteiger partial charge >= 0.3 is 6.09 Å². The smallest absolute Gasteiger partial charge is 0.407 e. The van der Waals surface area contributed by atoms with Crippen LogP contribution in [0.1, 0.15) is 32.1 Å². The van der Waals surface area contributed by atoms with Crippen LogP contribution in [0.5, 0.6) is 0 Å². The summed E-state index contributed by atoms with van der Waals surface area (Å²) in [6.07, 6.45) is 0.780. The fourth-order valence-corrected chi connectivity index (χ4v) is 4.61. The molecule has 2 amide bonds. The Labute approximate surface area is 200 Å². The van der Waals surface area contributed by atoms with E-state index in [1.54, 1.807) is 11.1 Å². The van der Waals surface area contributed by atoms with Gasteiger partial charge in [-0.15, -0.1) is 0 Å². The third kappa shape index (κ3) is 4.89. The van der Waals surface area contributed by atoms with Gasteiger partial charge < -0.3 is 25.0 Å². The van der Waals surface area contributed by atoms with E-state index in [9.17, 15) is 14.7 Å². The van der Waals surface area contributed by atoms with Crippen LogP contribution in [0.3, 0.4) is 0 Å². The number of ether oxygens (including phenoxy) is 1. The first-order valence-electron chi connectivity index (χ1n) is 10.8. The Morgan fingerprint density at radius 2 is 1.97 bits per heavy atom. The Morgan fingerprint density at radius 1 is 1.24 bits per heavy atom. The van der Waals surface area contributed by atoms with Gasteiger partial charge in [-0.25, -0.2) is 9.78 Å².